The third kappa shape index (κ3) is 6.61. The predicted molar refractivity (Wildman–Crippen MR) is 86.8 cm³/mol. The molecule has 0 saturated carbocycles. The minimum atomic E-state index is 0.625. The summed E-state index contributed by atoms with van der Waals surface area (Å²) in [6.45, 7) is 4.26. The van der Waals surface area contributed by atoms with Gasteiger partial charge in [0.2, 0.25) is 6.41 Å². The van der Waals surface area contributed by atoms with Crippen LogP contribution in [0.3, 0.4) is 0 Å². The Kier molecular flexibility index (Phi) is 7.65. The molecule has 0 radical (unpaired) electrons. The van der Waals surface area contributed by atoms with Crippen LogP contribution < -0.4 is 10.1 Å². The molecule has 112 valence electrons. The van der Waals surface area contributed by atoms with Gasteiger partial charge in [0, 0.05) is 7.05 Å². The van der Waals surface area contributed by atoms with Crippen LogP contribution in [0.15, 0.2) is 48.5 Å². The first kappa shape index (κ1) is 16.8. The van der Waals surface area contributed by atoms with Crippen molar-refractivity contribution < 1.29 is 9.53 Å². The van der Waals surface area contributed by atoms with Gasteiger partial charge in [-0.1, -0.05) is 43.2 Å². The molecule has 2 rings (SSSR count). The Hall–Kier alpha value is -2.29. The molecule has 1 amide bonds. The third-order valence-corrected chi connectivity index (χ3v) is 2.84. The van der Waals surface area contributed by atoms with Crippen molar-refractivity contribution in [3.05, 3.63) is 59.7 Å². The summed E-state index contributed by atoms with van der Waals surface area (Å²) in [4.78, 5) is 9.06. The average molecular weight is 285 g/mol. The smallest absolute Gasteiger partial charge is 0.206 e. The molecule has 2 aromatic rings. The Bertz CT molecular complexity index is 518. The van der Waals surface area contributed by atoms with Crippen molar-refractivity contribution in [2.45, 2.75) is 26.7 Å². The minimum Gasteiger partial charge on any atom is -0.457 e. The molecule has 21 heavy (non-hydrogen) atoms. The summed E-state index contributed by atoms with van der Waals surface area (Å²) in [5.74, 6) is 1.78. The minimum absolute atomic E-state index is 0.625. The van der Waals surface area contributed by atoms with Crippen molar-refractivity contribution in [3.63, 3.8) is 0 Å². The molecule has 0 atom stereocenters. The number of rotatable bonds is 5. The Morgan fingerprint density at radius 1 is 1.00 bits per heavy atom. The summed E-state index contributed by atoms with van der Waals surface area (Å²) < 4.78 is 5.77. The lowest BCUT2D eigenvalue weighted by Gasteiger charge is -2.06. The fourth-order valence-corrected chi connectivity index (χ4v) is 1.76. The fraction of sp³-hybridized carbons (Fsp3) is 0.278. The van der Waals surface area contributed by atoms with Gasteiger partial charge >= 0.3 is 0 Å². The summed E-state index contributed by atoms with van der Waals surface area (Å²) in [7, 11) is 1.56. The van der Waals surface area contributed by atoms with E-state index >= 15 is 0 Å². The molecular formula is C18H23NO2. The maximum Gasteiger partial charge on any atom is 0.206 e. The van der Waals surface area contributed by atoms with E-state index in [0.717, 1.165) is 17.9 Å². The standard InChI is InChI=1S/C16H18O.C2H5NO/c1-3-4-14-7-11-16(12-8-14)17-15-9-5-13(2)6-10-15;1-3-2-4/h5-12H,3-4H2,1-2H3;2H,1H3,(H,3,4). The van der Waals surface area contributed by atoms with Gasteiger partial charge in [-0.3, -0.25) is 4.79 Å². The van der Waals surface area contributed by atoms with E-state index in [2.05, 4.69) is 43.4 Å². The summed E-state index contributed by atoms with van der Waals surface area (Å²) >= 11 is 0. The first-order valence-corrected chi connectivity index (χ1v) is 7.14. The topological polar surface area (TPSA) is 38.3 Å². The second-order valence-electron chi connectivity index (χ2n) is 4.72. The van der Waals surface area contributed by atoms with E-state index < -0.39 is 0 Å². The van der Waals surface area contributed by atoms with Gasteiger partial charge in [0.15, 0.2) is 0 Å². The van der Waals surface area contributed by atoms with Gasteiger partial charge in [-0.25, -0.2) is 0 Å². The Balaban J connectivity index is 0.000000491. The van der Waals surface area contributed by atoms with E-state index in [0.29, 0.717) is 6.41 Å². The van der Waals surface area contributed by atoms with E-state index in [-0.39, 0.29) is 0 Å². The van der Waals surface area contributed by atoms with Gasteiger partial charge in [-0.2, -0.15) is 0 Å². The predicted octanol–water partition coefficient (Wildman–Crippen LogP) is 4.10. The van der Waals surface area contributed by atoms with E-state index in [4.69, 9.17) is 9.53 Å². The zero-order valence-electron chi connectivity index (χ0n) is 12.9. The normalized spacial score (nSPS) is 9.29. The highest BCUT2D eigenvalue weighted by Crippen LogP contribution is 2.22. The molecule has 3 nitrogen and oxygen atoms in total. The molecule has 0 saturated heterocycles. The lowest BCUT2D eigenvalue weighted by Crippen LogP contribution is -1.98. The van der Waals surface area contributed by atoms with Crippen LogP contribution in [0.2, 0.25) is 0 Å². The number of hydrogen-bond donors (Lipinski definition) is 1. The molecule has 0 aliphatic carbocycles. The van der Waals surface area contributed by atoms with Crippen LogP contribution in [0.4, 0.5) is 0 Å². The Morgan fingerprint density at radius 3 is 1.90 bits per heavy atom. The zero-order chi connectivity index (χ0) is 15.5. The van der Waals surface area contributed by atoms with Gasteiger partial charge in [0.25, 0.3) is 0 Å². The largest absolute Gasteiger partial charge is 0.457 e. The van der Waals surface area contributed by atoms with E-state index in [1.54, 1.807) is 7.05 Å². The van der Waals surface area contributed by atoms with Gasteiger partial charge in [0.1, 0.15) is 11.5 Å². The van der Waals surface area contributed by atoms with Crippen molar-refractivity contribution in [2.75, 3.05) is 7.05 Å². The SMILES string of the molecule is CCCc1ccc(Oc2ccc(C)cc2)cc1.CNC=O. The van der Waals surface area contributed by atoms with Crippen LogP contribution in [0.5, 0.6) is 11.5 Å². The zero-order valence-corrected chi connectivity index (χ0v) is 12.9. The maximum absolute atomic E-state index is 9.06. The molecule has 0 heterocycles. The van der Waals surface area contributed by atoms with Crippen LogP contribution in [-0.2, 0) is 11.2 Å². The van der Waals surface area contributed by atoms with Crippen LogP contribution >= 0.6 is 0 Å². The number of benzene rings is 2. The highest BCUT2D eigenvalue weighted by molar-refractivity contribution is 5.44. The van der Waals surface area contributed by atoms with E-state index in [9.17, 15) is 0 Å². The highest BCUT2D eigenvalue weighted by atomic mass is 16.5. The van der Waals surface area contributed by atoms with Crippen molar-refractivity contribution in [1.82, 2.24) is 5.32 Å². The third-order valence-electron chi connectivity index (χ3n) is 2.84. The Morgan fingerprint density at radius 2 is 1.48 bits per heavy atom. The first-order valence-electron chi connectivity index (χ1n) is 7.14. The molecular weight excluding hydrogens is 262 g/mol. The summed E-state index contributed by atoms with van der Waals surface area (Å²) in [5, 5.41) is 2.25. The van der Waals surface area contributed by atoms with Crippen molar-refractivity contribution in [1.29, 1.82) is 0 Å². The van der Waals surface area contributed by atoms with Crippen LogP contribution in [0, 0.1) is 6.92 Å². The van der Waals surface area contributed by atoms with Crippen LogP contribution in [0.1, 0.15) is 24.5 Å². The molecule has 0 aromatic heterocycles. The molecule has 0 aliphatic rings. The summed E-state index contributed by atoms with van der Waals surface area (Å²) in [6, 6.07) is 16.4. The van der Waals surface area contributed by atoms with Gasteiger partial charge in [0.05, 0.1) is 0 Å². The van der Waals surface area contributed by atoms with Crippen molar-refractivity contribution >= 4 is 6.41 Å². The van der Waals surface area contributed by atoms with Crippen LogP contribution in [0.25, 0.3) is 0 Å². The number of hydrogen-bond acceptors (Lipinski definition) is 2. The monoisotopic (exact) mass is 285 g/mol. The summed E-state index contributed by atoms with van der Waals surface area (Å²) in [5.41, 5.74) is 2.61. The molecule has 0 bridgehead atoms. The summed E-state index contributed by atoms with van der Waals surface area (Å²) in [6.07, 6.45) is 2.93. The average Bonchev–Trinajstić information content (AvgIpc) is 2.52. The number of nitrogens with one attached hydrogen (secondary N) is 1. The lowest BCUT2D eigenvalue weighted by molar-refractivity contribution is -0.109. The molecule has 3 heteroatoms. The number of amides is 1. The maximum atomic E-state index is 9.06. The van der Waals surface area contributed by atoms with Crippen molar-refractivity contribution in [2.24, 2.45) is 0 Å². The highest BCUT2D eigenvalue weighted by Gasteiger charge is 1.97. The second kappa shape index (κ2) is 9.59. The molecule has 0 aliphatic heterocycles. The van der Waals surface area contributed by atoms with Gasteiger partial charge in [-0.05, 0) is 43.2 Å². The van der Waals surface area contributed by atoms with Crippen LogP contribution in [-0.4, -0.2) is 13.5 Å². The second-order valence-corrected chi connectivity index (χ2v) is 4.72. The number of aryl methyl sites for hydroxylation is 2. The lowest BCUT2D eigenvalue weighted by atomic mass is 10.1. The fourth-order valence-electron chi connectivity index (χ4n) is 1.76. The van der Waals surface area contributed by atoms with E-state index in [1.807, 2.05) is 24.3 Å². The Labute approximate surface area is 127 Å². The number of ether oxygens (including phenoxy) is 1. The van der Waals surface area contributed by atoms with Crippen molar-refractivity contribution in [3.8, 4) is 11.5 Å². The molecule has 0 unspecified atom stereocenters. The molecule has 0 spiro atoms. The quantitative estimate of drug-likeness (QED) is 0.840. The number of carbonyl (C=O) groups is 1. The number of carbonyl (C=O) groups excluding carboxylic acids is 1. The molecule has 2 aromatic carbocycles. The molecule has 0 fully saturated rings. The molecule has 1 N–H and O–H groups in total. The van der Waals surface area contributed by atoms with Gasteiger partial charge < -0.3 is 10.1 Å². The first-order chi connectivity index (χ1) is 10.2. The van der Waals surface area contributed by atoms with Gasteiger partial charge in [-0.15, -0.1) is 0 Å². The van der Waals surface area contributed by atoms with E-state index in [1.165, 1.54) is 17.5 Å².